The number of carbonyl (C=O) groups excluding carboxylic acids is 1. The van der Waals surface area contributed by atoms with Crippen molar-refractivity contribution in [2.24, 2.45) is 5.73 Å². The summed E-state index contributed by atoms with van der Waals surface area (Å²) < 4.78 is 0.249. The number of carbonyl (C=O) groups is 1. The van der Waals surface area contributed by atoms with E-state index in [1.807, 2.05) is 45.0 Å². The second-order valence-corrected chi connectivity index (χ2v) is 7.34. The lowest BCUT2D eigenvalue weighted by Gasteiger charge is -2.12. The first kappa shape index (κ1) is 18.2. The van der Waals surface area contributed by atoms with Crippen LogP contribution in [0.3, 0.4) is 0 Å². The Balaban J connectivity index is 2.45. The number of thiocarbonyl (C=S) groups is 1. The molecule has 2 aromatic carbocycles. The summed E-state index contributed by atoms with van der Waals surface area (Å²) in [5, 5.41) is 10.3. The Hall–Kier alpha value is -2.11. The SMILES string of the molecule is Cc1ccc(C(O)=CC(=O)c2c(SC(N)=S)ccc(C)c2C)cc1. The Labute approximate surface area is 151 Å². The summed E-state index contributed by atoms with van der Waals surface area (Å²) in [6.07, 6.45) is 1.25. The van der Waals surface area contributed by atoms with E-state index < -0.39 is 0 Å². The number of nitrogens with two attached hydrogens (primary N) is 1. The summed E-state index contributed by atoms with van der Waals surface area (Å²) in [5.74, 6) is -0.333. The molecule has 0 bridgehead atoms. The van der Waals surface area contributed by atoms with Gasteiger partial charge in [-0.05, 0) is 38.0 Å². The summed E-state index contributed by atoms with van der Waals surface area (Å²) in [4.78, 5) is 13.4. The molecular weight excluding hydrogens is 338 g/mol. The average Bonchev–Trinajstić information content (AvgIpc) is 2.51. The first-order chi connectivity index (χ1) is 11.3. The smallest absolute Gasteiger partial charge is 0.190 e. The Morgan fingerprint density at radius 1 is 1.12 bits per heavy atom. The number of rotatable bonds is 4. The maximum absolute atomic E-state index is 12.7. The van der Waals surface area contributed by atoms with E-state index in [2.05, 4.69) is 0 Å². The Morgan fingerprint density at radius 2 is 1.75 bits per heavy atom. The fraction of sp³-hybridized carbons (Fsp3) is 0.158. The van der Waals surface area contributed by atoms with E-state index in [-0.39, 0.29) is 15.9 Å². The molecular formula is C19H19NO2S2. The highest BCUT2D eigenvalue weighted by molar-refractivity contribution is 8.23. The Kier molecular flexibility index (Phi) is 5.80. The minimum Gasteiger partial charge on any atom is -0.507 e. The van der Waals surface area contributed by atoms with Crippen LogP contribution in [0.2, 0.25) is 0 Å². The predicted molar refractivity (Wildman–Crippen MR) is 105 cm³/mol. The maximum atomic E-state index is 12.7. The molecule has 0 spiro atoms. The molecule has 0 heterocycles. The second kappa shape index (κ2) is 7.64. The van der Waals surface area contributed by atoms with Crippen LogP contribution in [-0.2, 0) is 0 Å². The van der Waals surface area contributed by atoms with E-state index in [1.165, 1.54) is 17.8 Å². The zero-order chi connectivity index (χ0) is 17.9. The maximum Gasteiger partial charge on any atom is 0.190 e. The van der Waals surface area contributed by atoms with Gasteiger partial charge in [0, 0.05) is 22.1 Å². The van der Waals surface area contributed by atoms with Gasteiger partial charge in [0.25, 0.3) is 0 Å². The van der Waals surface area contributed by atoms with E-state index in [9.17, 15) is 9.90 Å². The average molecular weight is 358 g/mol. The third-order valence-corrected chi connectivity index (χ3v) is 4.78. The molecule has 0 radical (unpaired) electrons. The van der Waals surface area contributed by atoms with Gasteiger partial charge >= 0.3 is 0 Å². The number of benzene rings is 2. The molecule has 5 heteroatoms. The second-order valence-electron chi connectivity index (χ2n) is 5.56. The molecule has 0 aromatic heterocycles. The van der Waals surface area contributed by atoms with Crippen molar-refractivity contribution in [1.82, 2.24) is 0 Å². The molecule has 0 fully saturated rings. The number of allylic oxidation sites excluding steroid dienone is 1. The molecule has 0 aliphatic rings. The van der Waals surface area contributed by atoms with Crippen molar-refractivity contribution in [3.63, 3.8) is 0 Å². The summed E-state index contributed by atoms with van der Waals surface area (Å²) in [6, 6.07) is 11.1. The lowest BCUT2D eigenvalue weighted by atomic mass is 9.99. The lowest BCUT2D eigenvalue weighted by molar-refractivity contribution is 0.104. The molecule has 0 aliphatic heterocycles. The van der Waals surface area contributed by atoms with Gasteiger partial charge in [-0.2, -0.15) is 0 Å². The molecule has 3 nitrogen and oxygen atoms in total. The zero-order valence-electron chi connectivity index (χ0n) is 13.8. The summed E-state index contributed by atoms with van der Waals surface area (Å²) in [6.45, 7) is 5.78. The molecule has 0 aliphatic carbocycles. The van der Waals surface area contributed by atoms with Crippen molar-refractivity contribution >= 4 is 39.8 Å². The van der Waals surface area contributed by atoms with Crippen LogP contribution in [-0.4, -0.2) is 15.2 Å². The van der Waals surface area contributed by atoms with Crippen LogP contribution in [0.4, 0.5) is 0 Å². The third-order valence-electron chi connectivity index (χ3n) is 3.77. The van der Waals surface area contributed by atoms with Gasteiger partial charge in [-0.25, -0.2) is 0 Å². The molecule has 24 heavy (non-hydrogen) atoms. The molecule has 3 N–H and O–H groups in total. The van der Waals surface area contributed by atoms with Gasteiger partial charge in [-0.15, -0.1) is 0 Å². The van der Waals surface area contributed by atoms with E-state index >= 15 is 0 Å². The topological polar surface area (TPSA) is 63.3 Å². The van der Waals surface area contributed by atoms with E-state index in [1.54, 1.807) is 12.1 Å². The van der Waals surface area contributed by atoms with Gasteiger partial charge in [0.15, 0.2) is 5.78 Å². The van der Waals surface area contributed by atoms with Gasteiger partial charge in [-0.3, -0.25) is 4.79 Å². The van der Waals surface area contributed by atoms with Crippen LogP contribution in [0.25, 0.3) is 5.76 Å². The normalized spacial score (nSPS) is 11.4. The predicted octanol–water partition coefficient (Wildman–Crippen LogP) is 4.73. The third kappa shape index (κ3) is 4.24. The Morgan fingerprint density at radius 3 is 2.33 bits per heavy atom. The fourth-order valence-corrected chi connectivity index (χ4v) is 3.27. The van der Waals surface area contributed by atoms with Crippen LogP contribution in [0.15, 0.2) is 47.4 Å². The largest absolute Gasteiger partial charge is 0.507 e. The van der Waals surface area contributed by atoms with Crippen LogP contribution in [0.5, 0.6) is 0 Å². The van der Waals surface area contributed by atoms with Crippen molar-refractivity contribution < 1.29 is 9.90 Å². The molecule has 2 aromatic rings. The van der Waals surface area contributed by atoms with Crippen molar-refractivity contribution in [2.75, 3.05) is 0 Å². The zero-order valence-corrected chi connectivity index (χ0v) is 15.4. The summed E-state index contributed by atoms with van der Waals surface area (Å²) in [5.41, 5.74) is 9.66. The number of aliphatic hydroxyl groups is 1. The standard InChI is InChI=1S/C19H19NO2S2/c1-11-4-7-14(8-5-11)15(21)10-16(22)18-13(3)12(2)6-9-17(18)24-19(20)23/h4-10,21H,1-3H3,(H2,20,23). The van der Waals surface area contributed by atoms with Crippen LogP contribution in [0, 0.1) is 20.8 Å². The highest BCUT2D eigenvalue weighted by Crippen LogP contribution is 2.29. The van der Waals surface area contributed by atoms with Crippen molar-refractivity contribution in [2.45, 2.75) is 25.7 Å². The summed E-state index contributed by atoms with van der Waals surface area (Å²) >= 11 is 6.12. The molecule has 0 unspecified atom stereocenters. The van der Waals surface area contributed by atoms with E-state index in [4.69, 9.17) is 18.0 Å². The fourth-order valence-electron chi connectivity index (χ4n) is 2.29. The molecule has 0 amide bonds. The molecule has 0 saturated heterocycles. The van der Waals surface area contributed by atoms with Crippen LogP contribution >= 0.6 is 24.0 Å². The van der Waals surface area contributed by atoms with E-state index in [0.717, 1.165) is 16.7 Å². The number of hydrogen-bond donors (Lipinski definition) is 2. The van der Waals surface area contributed by atoms with Gasteiger partial charge in [0.2, 0.25) is 0 Å². The monoisotopic (exact) mass is 357 g/mol. The van der Waals surface area contributed by atoms with Crippen molar-refractivity contribution in [1.29, 1.82) is 0 Å². The minimum atomic E-state index is -0.270. The lowest BCUT2D eigenvalue weighted by Crippen LogP contribution is -2.07. The van der Waals surface area contributed by atoms with Crippen LogP contribution < -0.4 is 5.73 Å². The first-order valence-electron chi connectivity index (χ1n) is 7.39. The molecule has 124 valence electrons. The number of ketones is 1. The highest BCUT2D eigenvalue weighted by atomic mass is 32.2. The van der Waals surface area contributed by atoms with Gasteiger partial charge in [0.1, 0.15) is 10.1 Å². The highest BCUT2D eigenvalue weighted by Gasteiger charge is 2.16. The quantitative estimate of drug-likeness (QED) is 0.272. The van der Waals surface area contributed by atoms with E-state index in [0.29, 0.717) is 16.0 Å². The van der Waals surface area contributed by atoms with Crippen molar-refractivity contribution in [3.8, 4) is 0 Å². The van der Waals surface area contributed by atoms with Gasteiger partial charge < -0.3 is 10.8 Å². The molecule has 0 atom stereocenters. The van der Waals surface area contributed by atoms with Gasteiger partial charge in [0.05, 0.1) is 0 Å². The number of aliphatic hydroxyl groups excluding tert-OH is 1. The summed E-state index contributed by atoms with van der Waals surface area (Å²) in [7, 11) is 0. The molecule has 2 rings (SSSR count). The number of thioether (sulfide) groups is 1. The molecule has 0 saturated carbocycles. The number of aryl methyl sites for hydroxylation is 2. The Bertz CT molecular complexity index is 824. The number of hydrogen-bond acceptors (Lipinski definition) is 4. The van der Waals surface area contributed by atoms with Crippen molar-refractivity contribution in [3.05, 3.63) is 70.3 Å². The minimum absolute atomic E-state index is 0.0628. The first-order valence-corrected chi connectivity index (χ1v) is 8.61. The van der Waals surface area contributed by atoms with Crippen LogP contribution in [0.1, 0.15) is 32.6 Å². The van der Waals surface area contributed by atoms with Gasteiger partial charge in [-0.1, -0.05) is 59.9 Å².